The van der Waals surface area contributed by atoms with Crippen LogP contribution in [0.15, 0.2) is 48.5 Å². The molecule has 7 heteroatoms. The predicted octanol–water partition coefficient (Wildman–Crippen LogP) is 2.59. The molecule has 0 saturated heterocycles. The molecule has 0 atom stereocenters. The highest BCUT2D eigenvalue weighted by atomic mass is 32.2. The standard InChI is InChI=1S/C19H21NO5S/c1-3-14-7-9-17(10-8-14)20-18(21)12-25-19(22)16-6-4-5-15(11-16)13-26(2,23)24/h4-11H,3,12-13H2,1-2H3,(H,20,21). The molecule has 2 rings (SSSR count). The zero-order valence-corrected chi connectivity index (χ0v) is 15.5. The van der Waals surface area contributed by atoms with Gasteiger partial charge < -0.3 is 10.1 Å². The highest BCUT2D eigenvalue weighted by molar-refractivity contribution is 7.89. The average molecular weight is 375 g/mol. The fourth-order valence-electron chi connectivity index (χ4n) is 2.33. The van der Waals surface area contributed by atoms with Gasteiger partial charge in [0.2, 0.25) is 0 Å². The van der Waals surface area contributed by atoms with E-state index in [9.17, 15) is 18.0 Å². The van der Waals surface area contributed by atoms with Gasteiger partial charge in [0.05, 0.1) is 11.3 Å². The first kappa shape index (κ1) is 19.7. The third-order valence-electron chi connectivity index (χ3n) is 3.57. The Balaban J connectivity index is 1.91. The van der Waals surface area contributed by atoms with Crippen molar-refractivity contribution in [1.29, 1.82) is 0 Å². The maximum Gasteiger partial charge on any atom is 0.338 e. The van der Waals surface area contributed by atoms with Crippen molar-refractivity contribution in [2.24, 2.45) is 0 Å². The normalized spacial score (nSPS) is 11.0. The summed E-state index contributed by atoms with van der Waals surface area (Å²) in [5.74, 6) is -1.30. The first-order valence-electron chi connectivity index (χ1n) is 8.09. The summed E-state index contributed by atoms with van der Waals surface area (Å²) in [5.41, 5.74) is 2.47. The van der Waals surface area contributed by atoms with Gasteiger partial charge in [-0.3, -0.25) is 4.79 Å². The van der Waals surface area contributed by atoms with Crippen molar-refractivity contribution in [3.05, 3.63) is 65.2 Å². The summed E-state index contributed by atoms with van der Waals surface area (Å²) >= 11 is 0. The predicted molar refractivity (Wildman–Crippen MR) is 99.7 cm³/mol. The lowest BCUT2D eigenvalue weighted by atomic mass is 10.1. The van der Waals surface area contributed by atoms with Gasteiger partial charge in [0, 0.05) is 11.9 Å². The summed E-state index contributed by atoms with van der Waals surface area (Å²) in [6.07, 6.45) is 2.03. The molecule has 0 radical (unpaired) electrons. The monoisotopic (exact) mass is 375 g/mol. The number of sulfone groups is 1. The first-order chi connectivity index (χ1) is 12.3. The van der Waals surface area contributed by atoms with Gasteiger partial charge in [-0.25, -0.2) is 13.2 Å². The number of carbonyl (C=O) groups is 2. The molecule has 2 aromatic rings. The van der Waals surface area contributed by atoms with Gasteiger partial charge in [-0.15, -0.1) is 0 Å². The van der Waals surface area contributed by atoms with E-state index in [1.807, 2.05) is 19.1 Å². The molecule has 6 nitrogen and oxygen atoms in total. The Morgan fingerprint density at radius 3 is 2.35 bits per heavy atom. The largest absolute Gasteiger partial charge is 0.452 e. The second kappa shape index (κ2) is 8.62. The van der Waals surface area contributed by atoms with E-state index in [4.69, 9.17) is 4.74 Å². The zero-order chi connectivity index (χ0) is 19.2. The van der Waals surface area contributed by atoms with Gasteiger partial charge in [-0.1, -0.05) is 31.2 Å². The van der Waals surface area contributed by atoms with Crippen molar-refractivity contribution in [2.45, 2.75) is 19.1 Å². The molecule has 0 unspecified atom stereocenters. The van der Waals surface area contributed by atoms with Crippen LogP contribution in [-0.2, 0) is 31.5 Å². The van der Waals surface area contributed by atoms with Crippen LogP contribution in [0.3, 0.4) is 0 Å². The number of hydrogen-bond acceptors (Lipinski definition) is 5. The lowest BCUT2D eigenvalue weighted by Crippen LogP contribution is -2.21. The molecule has 0 aliphatic heterocycles. The van der Waals surface area contributed by atoms with E-state index in [2.05, 4.69) is 5.32 Å². The molecule has 0 bridgehead atoms. The van der Waals surface area contributed by atoms with Crippen LogP contribution in [0.4, 0.5) is 5.69 Å². The lowest BCUT2D eigenvalue weighted by Gasteiger charge is -2.08. The molecule has 0 spiro atoms. The van der Waals surface area contributed by atoms with Crippen LogP contribution in [0.25, 0.3) is 0 Å². The highest BCUT2D eigenvalue weighted by Crippen LogP contribution is 2.11. The fourth-order valence-corrected chi connectivity index (χ4v) is 3.11. The van der Waals surface area contributed by atoms with Gasteiger partial charge >= 0.3 is 5.97 Å². The van der Waals surface area contributed by atoms with Crippen molar-refractivity contribution < 1.29 is 22.7 Å². The number of rotatable bonds is 7. The number of ether oxygens (including phenoxy) is 1. The van der Waals surface area contributed by atoms with Crippen LogP contribution in [-0.4, -0.2) is 33.2 Å². The Hall–Kier alpha value is -2.67. The number of aryl methyl sites for hydroxylation is 1. The van der Waals surface area contributed by atoms with Crippen LogP contribution < -0.4 is 5.32 Å². The Labute approximate surface area is 153 Å². The Kier molecular flexibility index (Phi) is 6.52. The number of esters is 1. The molecule has 0 aliphatic carbocycles. The number of nitrogens with one attached hydrogen (secondary N) is 1. The molecule has 0 aromatic heterocycles. The smallest absolute Gasteiger partial charge is 0.338 e. The average Bonchev–Trinajstić information content (AvgIpc) is 2.59. The Bertz CT molecular complexity index is 888. The third-order valence-corrected chi connectivity index (χ3v) is 4.43. The molecule has 1 amide bonds. The van der Waals surface area contributed by atoms with Crippen molar-refractivity contribution >= 4 is 27.4 Å². The minimum atomic E-state index is -3.20. The molecule has 0 saturated carbocycles. The van der Waals surface area contributed by atoms with E-state index < -0.39 is 28.3 Å². The number of anilines is 1. The van der Waals surface area contributed by atoms with Gasteiger partial charge in [-0.05, 0) is 41.8 Å². The van der Waals surface area contributed by atoms with E-state index in [0.717, 1.165) is 18.2 Å². The molecule has 0 aliphatic rings. The topological polar surface area (TPSA) is 89.5 Å². The molecular formula is C19H21NO5S. The Morgan fingerprint density at radius 1 is 1.04 bits per heavy atom. The summed E-state index contributed by atoms with van der Waals surface area (Å²) in [5, 5.41) is 2.65. The molecule has 0 heterocycles. The van der Waals surface area contributed by atoms with E-state index in [-0.39, 0.29) is 11.3 Å². The number of amides is 1. The molecule has 138 valence electrons. The van der Waals surface area contributed by atoms with Crippen LogP contribution in [0, 0.1) is 0 Å². The quantitative estimate of drug-likeness (QED) is 0.752. The van der Waals surface area contributed by atoms with Gasteiger partial charge in [0.1, 0.15) is 0 Å². The zero-order valence-electron chi connectivity index (χ0n) is 14.7. The number of benzene rings is 2. The molecule has 2 aromatic carbocycles. The van der Waals surface area contributed by atoms with Crippen LogP contribution >= 0.6 is 0 Å². The van der Waals surface area contributed by atoms with Gasteiger partial charge in [0.15, 0.2) is 16.4 Å². The van der Waals surface area contributed by atoms with Crippen molar-refractivity contribution in [1.82, 2.24) is 0 Å². The summed E-state index contributed by atoms with van der Waals surface area (Å²) in [7, 11) is -3.20. The summed E-state index contributed by atoms with van der Waals surface area (Å²) in [6.45, 7) is 1.61. The van der Waals surface area contributed by atoms with Gasteiger partial charge in [-0.2, -0.15) is 0 Å². The second-order valence-corrected chi connectivity index (χ2v) is 8.09. The maximum absolute atomic E-state index is 12.1. The van der Waals surface area contributed by atoms with Crippen molar-refractivity contribution in [2.75, 3.05) is 18.2 Å². The Morgan fingerprint density at radius 2 is 1.73 bits per heavy atom. The van der Waals surface area contributed by atoms with Crippen molar-refractivity contribution in [3.8, 4) is 0 Å². The minimum absolute atomic E-state index is 0.164. The first-order valence-corrected chi connectivity index (χ1v) is 10.2. The van der Waals surface area contributed by atoms with Crippen LogP contribution in [0.2, 0.25) is 0 Å². The molecule has 26 heavy (non-hydrogen) atoms. The summed E-state index contributed by atoms with van der Waals surface area (Å²) in [6, 6.07) is 13.5. The van der Waals surface area contributed by atoms with E-state index in [1.165, 1.54) is 12.1 Å². The molecular weight excluding hydrogens is 354 g/mol. The van der Waals surface area contributed by atoms with Crippen molar-refractivity contribution in [3.63, 3.8) is 0 Å². The lowest BCUT2D eigenvalue weighted by molar-refractivity contribution is -0.119. The van der Waals surface area contributed by atoms with E-state index >= 15 is 0 Å². The van der Waals surface area contributed by atoms with Crippen LogP contribution in [0.1, 0.15) is 28.4 Å². The minimum Gasteiger partial charge on any atom is -0.452 e. The second-order valence-electron chi connectivity index (χ2n) is 5.95. The highest BCUT2D eigenvalue weighted by Gasteiger charge is 2.12. The number of hydrogen-bond donors (Lipinski definition) is 1. The third kappa shape index (κ3) is 6.33. The SMILES string of the molecule is CCc1ccc(NC(=O)COC(=O)c2cccc(CS(C)(=O)=O)c2)cc1. The molecule has 0 fully saturated rings. The fraction of sp³-hybridized carbons (Fsp3) is 0.263. The summed E-state index contributed by atoms with van der Waals surface area (Å²) < 4.78 is 27.7. The van der Waals surface area contributed by atoms with E-state index in [0.29, 0.717) is 11.3 Å². The summed E-state index contributed by atoms with van der Waals surface area (Å²) in [4.78, 5) is 23.9. The maximum atomic E-state index is 12.1. The molecule has 1 N–H and O–H groups in total. The van der Waals surface area contributed by atoms with Crippen LogP contribution in [0.5, 0.6) is 0 Å². The van der Waals surface area contributed by atoms with E-state index in [1.54, 1.807) is 24.3 Å². The van der Waals surface area contributed by atoms with Gasteiger partial charge in [0.25, 0.3) is 5.91 Å². The number of carbonyl (C=O) groups excluding carboxylic acids is 2.